The third-order valence-corrected chi connectivity index (χ3v) is 5.87. The average Bonchev–Trinajstić information content (AvgIpc) is 2.75. The van der Waals surface area contributed by atoms with Crippen molar-refractivity contribution in [3.63, 3.8) is 0 Å². The van der Waals surface area contributed by atoms with Crippen molar-refractivity contribution in [2.75, 3.05) is 5.32 Å². The van der Waals surface area contributed by atoms with Crippen LogP contribution < -0.4 is 16.2 Å². The highest BCUT2D eigenvalue weighted by Gasteiger charge is 2.20. The van der Waals surface area contributed by atoms with Gasteiger partial charge in [-0.3, -0.25) is 9.59 Å². The Balaban J connectivity index is 1.83. The van der Waals surface area contributed by atoms with Crippen LogP contribution in [-0.2, 0) is 11.3 Å². The third kappa shape index (κ3) is 6.15. The maximum absolute atomic E-state index is 13.1. The Morgan fingerprint density at radius 2 is 1.67 bits per heavy atom. The van der Waals surface area contributed by atoms with Crippen molar-refractivity contribution in [3.05, 3.63) is 97.4 Å². The van der Waals surface area contributed by atoms with E-state index in [1.807, 2.05) is 19.1 Å². The highest BCUT2D eigenvalue weighted by molar-refractivity contribution is 6.35. The van der Waals surface area contributed by atoms with Crippen LogP contribution >= 0.6 is 23.2 Å². The minimum absolute atomic E-state index is 0.0798. The fraction of sp³-hybridized carbons (Fsp3) is 0.208. The Morgan fingerprint density at radius 1 is 1.03 bits per heavy atom. The van der Waals surface area contributed by atoms with E-state index in [1.54, 1.807) is 49.5 Å². The number of benzene rings is 2. The molecule has 0 saturated heterocycles. The van der Waals surface area contributed by atoms with E-state index in [9.17, 15) is 19.5 Å². The molecule has 0 aliphatic heterocycles. The van der Waals surface area contributed by atoms with E-state index >= 15 is 0 Å². The zero-order valence-corrected chi connectivity index (χ0v) is 19.6. The fourth-order valence-electron chi connectivity index (χ4n) is 3.33. The van der Waals surface area contributed by atoms with E-state index in [1.165, 1.54) is 4.57 Å². The van der Waals surface area contributed by atoms with Gasteiger partial charge >= 0.3 is 12.0 Å². The summed E-state index contributed by atoms with van der Waals surface area (Å²) in [7, 11) is 0. The molecule has 1 heterocycles. The van der Waals surface area contributed by atoms with Gasteiger partial charge in [0.25, 0.3) is 5.56 Å². The van der Waals surface area contributed by atoms with Crippen LogP contribution in [0.2, 0.25) is 10.0 Å². The first-order valence-electron chi connectivity index (χ1n) is 10.1. The number of carboxylic acids is 1. The van der Waals surface area contributed by atoms with E-state index < -0.39 is 23.6 Å². The summed E-state index contributed by atoms with van der Waals surface area (Å²) >= 11 is 12.5. The van der Waals surface area contributed by atoms with Crippen LogP contribution in [0.15, 0.2) is 59.5 Å². The number of rotatable bonds is 7. The topological polar surface area (TPSA) is 100 Å². The number of pyridine rings is 1. The van der Waals surface area contributed by atoms with Crippen molar-refractivity contribution in [3.8, 4) is 0 Å². The number of hydrogen-bond donors (Lipinski definition) is 3. The van der Waals surface area contributed by atoms with E-state index in [0.29, 0.717) is 26.7 Å². The number of anilines is 1. The Morgan fingerprint density at radius 3 is 2.27 bits per heavy atom. The predicted molar refractivity (Wildman–Crippen MR) is 129 cm³/mol. The van der Waals surface area contributed by atoms with Gasteiger partial charge in [-0.15, -0.1) is 0 Å². The third-order valence-electron chi connectivity index (χ3n) is 5.17. The monoisotopic (exact) mass is 487 g/mol. The van der Waals surface area contributed by atoms with Crippen molar-refractivity contribution in [2.24, 2.45) is 0 Å². The number of urea groups is 1. The van der Waals surface area contributed by atoms with Crippen LogP contribution in [0.1, 0.15) is 34.7 Å². The van der Waals surface area contributed by atoms with Crippen LogP contribution in [0.5, 0.6) is 0 Å². The lowest BCUT2D eigenvalue weighted by Gasteiger charge is -2.19. The van der Waals surface area contributed by atoms with Gasteiger partial charge < -0.3 is 20.3 Å². The molecule has 0 spiro atoms. The summed E-state index contributed by atoms with van der Waals surface area (Å²) in [5, 5.41) is 15.4. The summed E-state index contributed by atoms with van der Waals surface area (Å²) in [5.41, 5.74) is 2.44. The fourth-order valence-corrected chi connectivity index (χ4v) is 3.85. The molecule has 0 radical (unpaired) electrons. The number of carbonyl (C=O) groups is 2. The number of nitrogens with one attached hydrogen (secondary N) is 2. The lowest BCUT2D eigenvalue weighted by atomic mass is 10.0. The summed E-state index contributed by atoms with van der Waals surface area (Å²) in [6.07, 6.45) is 1.29. The summed E-state index contributed by atoms with van der Waals surface area (Å²) in [6, 6.07) is 12.5. The molecule has 2 amide bonds. The molecule has 0 unspecified atom stereocenters. The number of halogens is 2. The van der Waals surface area contributed by atoms with Gasteiger partial charge in [0.15, 0.2) is 0 Å². The average molecular weight is 488 g/mol. The van der Waals surface area contributed by atoms with E-state index in [4.69, 9.17) is 23.2 Å². The molecule has 1 aromatic heterocycles. The molecule has 9 heteroatoms. The first-order valence-corrected chi connectivity index (χ1v) is 10.9. The molecule has 3 N–H and O–H groups in total. The summed E-state index contributed by atoms with van der Waals surface area (Å²) in [6.45, 7) is 3.73. The van der Waals surface area contributed by atoms with Gasteiger partial charge in [0.2, 0.25) is 0 Å². The maximum atomic E-state index is 13.1. The van der Waals surface area contributed by atoms with Crippen LogP contribution in [0.4, 0.5) is 10.5 Å². The zero-order chi connectivity index (χ0) is 24.1. The maximum Gasteiger partial charge on any atom is 0.319 e. The van der Waals surface area contributed by atoms with Crippen LogP contribution in [0.3, 0.4) is 0 Å². The molecule has 0 bridgehead atoms. The largest absolute Gasteiger partial charge is 0.481 e. The molecule has 172 valence electrons. The normalized spacial score (nSPS) is 11.6. The predicted octanol–water partition coefficient (Wildman–Crippen LogP) is 5.16. The molecule has 0 saturated carbocycles. The number of carboxylic acid groups (broad SMARTS) is 1. The van der Waals surface area contributed by atoms with Gasteiger partial charge in [0.1, 0.15) is 5.69 Å². The molecule has 7 nitrogen and oxygen atoms in total. The Hall–Kier alpha value is -3.29. The Kier molecular flexibility index (Phi) is 7.79. The van der Waals surface area contributed by atoms with Crippen molar-refractivity contribution in [1.29, 1.82) is 0 Å². The van der Waals surface area contributed by atoms with Gasteiger partial charge in [-0.2, -0.15) is 0 Å². The minimum atomic E-state index is -1.06. The van der Waals surface area contributed by atoms with E-state index in [-0.39, 0.29) is 18.7 Å². The number of nitrogens with zero attached hydrogens (tertiary/aromatic N) is 1. The number of amides is 2. The molecule has 0 aliphatic carbocycles. The number of aliphatic carboxylic acids is 1. The van der Waals surface area contributed by atoms with E-state index in [2.05, 4.69) is 10.6 Å². The quantitative estimate of drug-likeness (QED) is 0.428. The van der Waals surface area contributed by atoms with Crippen molar-refractivity contribution in [1.82, 2.24) is 9.88 Å². The van der Waals surface area contributed by atoms with Gasteiger partial charge in [0.05, 0.1) is 19.0 Å². The highest BCUT2D eigenvalue weighted by atomic mass is 35.5. The number of aryl methyl sites for hydroxylation is 2. The lowest BCUT2D eigenvalue weighted by Crippen LogP contribution is -2.36. The van der Waals surface area contributed by atoms with E-state index in [0.717, 1.165) is 5.56 Å². The standard InChI is InChI=1S/C24H23Cl2N3O4/c1-14-6-8-16(9-7-14)20(12-21(30)31)27-24(33)28-22-15(2)10-11-29(23(22)32)13-17-18(25)4-3-5-19(17)26/h3-11,20H,12-13H2,1-2H3,(H,30,31)(H2,27,28,33)/t20-/m0/s1. The number of carbonyl (C=O) groups excluding carboxylic acids is 1. The van der Waals surface area contributed by atoms with Gasteiger partial charge in [-0.25, -0.2) is 4.79 Å². The molecule has 0 aliphatic rings. The molecule has 33 heavy (non-hydrogen) atoms. The van der Waals surface area contributed by atoms with Crippen LogP contribution in [0, 0.1) is 13.8 Å². The Bertz CT molecular complexity index is 1220. The molecule has 3 rings (SSSR count). The molecule has 3 aromatic rings. The van der Waals surface area contributed by atoms with Gasteiger partial charge in [-0.1, -0.05) is 59.1 Å². The van der Waals surface area contributed by atoms with Crippen molar-refractivity contribution in [2.45, 2.75) is 32.9 Å². The SMILES string of the molecule is Cc1ccc([C@H](CC(=O)O)NC(=O)Nc2c(C)ccn(Cc3c(Cl)cccc3Cl)c2=O)cc1. The first-order chi connectivity index (χ1) is 15.7. The van der Waals surface area contributed by atoms with Crippen LogP contribution in [-0.4, -0.2) is 21.7 Å². The van der Waals surface area contributed by atoms with Gasteiger partial charge in [0, 0.05) is 21.8 Å². The second kappa shape index (κ2) is 10.6. The second-order valence-corrected chi connectivity index (χ2v) is 8.48. The zero-order valence-electron chi connectivity index (χ0n) is 18.1. The van der Waals surface area contributed by atoms with Crippen molar-refractivity contribution >= 4 is 40.9 Å². The smallest absolute Gasteiger partial charge is 0.319 e. The van der Waals surface area contributed by atoms with Crippen LogP contribution in [0.25, 0.3) is 0 Å². The highest BCUT2D eigenvalue weighted by Crippen LogP contribution is 2.25. The molecule has 1 atom stereocenters. The summed E-state index contributed by atoms with van der Waals surface area (Å²) in [4.78, 5) is 37.1. The molecular formula is C24H23Cl2N3O4. The second-order valence-electron chi connectivity index (χ2n) is 7.67. The van der Waals surface area contributed by atoms with Crippen molar-refractivity contribution < 1.29 is 14.7 Å². The first kappa shape index (κ1) is 24.4. The number of hydrogen-bond acceptors (Lipinski definition) is 3. The van der Waals surface area contributed by atoms with Gasteiger partial charge in [-0.05, 0) is 43.2 Å². The molecule has 2 aromatic carbocycles. The Labute approximate surface area is 201 Å². The summed E-state index contributed by atoms with van der Waals surface area (Å²) < 4.78 is 1.39. The lowest BCUT2D eigenvalue weighted by molar-refractivity contribution is -0.137. The molecular weight excluding hydrogens is 465 g/mol. The molecule has 0 fully saturated rings. The summed E-state index contributed by atoms with van der Waals surface area (Å²) in [5.74, 6) is -1.06. The number of aromatic nitrogens is 1. The minimum Gasteiger partial charge on any atom is -0.481 e.